The third-order valence-electron chi connectivity index (χ3n) is 1.29. The minimum absolute atomic E-state index is 0.556. The lowest BCUT2D eigenvalue weighted by Gasteiger charge is -2.24. The minimum Gasteiger partial charge on any atom is -0.393 e. The molecule has 0 spiro atoms. The molecule has 0 heterocycles. The molecular weight excluding hydrogens is 136 g/mol. The highest BCUT2D eigenvalue weighted by Crippen LogP contribution is 2.08. The van der Waals surface area contributed by atoms with E-state index in [0.717, 1.165) is 6.92 Å². The number of hydrogen-bond acceptors (Lipinski definition) is 4. The average Bonchev–Trinajstić information content (AvgIpc) is 1.86. The summed E-state index contributed by atoms with van der Waals surface area (Å²) >= 11 is 0. The summed E-state index contributed by atoms with van der Waals surface area (Å²) in [6, 6.07) is 0. The molecule has 0 aliphatic heterocycles. The van der Waals surface area contributed by atoms with E-state index in [0.29, 0.717) is 0 Å². The van der Waals surface area contributed by atoms with E-state index >= 15 is 0 Å². The molecule has 2 atom stereocenters. The molecule has 0 fully saturated rings. The lowest BCUT2D eigenvalue weighted by Crippen LogP contribution is -2.46. The van der Waals surface area contributed by atoms with Gasteiger partial charge in [0.2, 0.25) is 0 Å². The van der Waals surface area contributed by atoms with Crippen LogP contribution in [0.5, 0.6) is 0 Å². The number of rotatable bonds is 3. The zero-order valence-electron chi connectivity index (χ0n) is 6.03. The van der Waals surface area contributed by atoms with Crippen LogP contribution in [0.1, 0.15) is 13.8 Å². The van der Waals surface area contributed by atoms with Crippen molar-refractivity contribution in [2.24, 2.45) is 0 Å². The smallest absolute Gasteiger partial charge is 0.161 e. The molecule has 3 N–H and O–H groups in total. The summed E-state index contributed by atoms with van der Waals surface area (Å²) in [5.74, 6) is -0.556. The molecule has 4 nitrogen and oxygen atoms in total. The first-order valence-electron chi connectivity index (χ1n) is 2.93. The van der Waals surface area contributed by atoms with Gasteiger partial charge < -0.3 is 15.3 Å². The summed E-state index contributed by atoms with van der Waals surface area (Å²) < 4.78 is 0. The van der Waals surface area contributed by atoms with Crippen molar-refractivity contribution in [2.75, 3.05) is 6.61 Å². The van der Waals surface area contributed by atoms with Crippen molar-refractivity contribution < 1.29 is 20.1 Å². The molecule has 4 heteroatoms. The Morgan fingerprint density at radius 3 is 2.20 bits per heavy atom. The van der Waals surface area contributed by atoms with Crippen molar-refractivity contribution in [1.29, 1.82) is 0 Å². The Morgan fingerprint density at radius 2 is 2.10 bits per heavy atom. The molecule has 60 valence electrons. The first-order chi connectivity index (χ1) is 4.41. The predicted molar refractivity (Wildman–Crippen MR) is 34.4 cm³/mol. The van der Waals surface area contributed by atoms with E-state index in [-0.39, 0.29) is 0 Å². The van der Waals surface area contributed by atoms with Crippen LogP contribution in [0, 0.1) is 0 Å². The van der Waals surface area contributed by atoms with Crippen molar-refractivity contribution in [3.63, 3.8) is 0 Å². The molecule has 0 saturated heterocycles. The van der Waals surface area contributed by atoms with Crippen molar-refractivity contribution >= 4 is 5.78 Å². The highest BCUT2D eigenvalue weighted by molar-refractivity contribution is 5.81. The van der Waals surface area contributed by atoms with Gasteiger partial charge in [0, 0.05) is 0 Å². The highest BCUT2D eigenvalue weighted by Gasteiger charge is 2.32. The molecule has 0 saturated carbocycles. The first-order valence-corrected chi connectivity index (χ1v) is 2.93. The van der Waals surface area contributed by atoms with Gasteiger partial charge in [-0.1, -0.05) is 0 Å². The van der Waals surface area contributed by atoms with Gasteiger partial charge in [0.1, 0.15) is 11.7 Å². The Bertz CT molecular complexity index is 130. The zero-order chi connectivity index (χ0) is 8.36. The van der Waals surface area contributed by atoms with Crippen LogP contribution in [0.25, 0.3) is 0 Å². The third-order valence-corrected chi connectivity index (χ3v) is 1.29. The standard InChI is InChI=1S/C6H12O4/c1-4(8)5(9)6(2,10)3-7/h5,7,9-10H,3H2,1-2H3. The summed E-state index contributed by atoms with van der Waals surface area (Å²) in [4.78, 5) is 10.4. The highest BCUT2D eigenvalue weighted by atomic mass is 16.4. The maximum atomic E-state index is 10.4. The van der Waals surface area contributed by atoms with Crippen molar-refractivity contribution in [3.8, 4) is 0 Å². The van der Waals surface area contributed by atoms with Gasteiger partial charge in [0.25, 0.3) is 0 Å². The van der Waals surface area contributed by atoms with Crippen LogP contribution in [0.4, 0.5) is 0 Å². The van der Waals surface area contributed by atoms with E-state index in [4.69, 9.17) is 15.3 Å². The third kappa shape index (κ3) is 2.06. The summed E-state index contributed by atoms with van der Waals surface area (Å²) in [6.45, 7) is 1.71. The van der Waals surface area contributed by atoms with Crippen molar-refractivity contribution in [2.45, 2.75) is 25.6 Å². The zero-order valence-corrected chi connectivity index (χ0v) is 6.03. The van der Waals surface area contributed by atoms with E-state index in [9.17, 15) is 4.79 Å². The number of carbonyl (C=O) groups is 1. The van der Waals surface area contributed by atoms with Crippen LogP contribution in [-0.4, -0.2) is 39.4 Å². The summed E-state index contributed by atoms with van der Waals surface area (Å²) in [6.07, 6.45) is -1.50. The van der Waals surface area contributed by atoms with E-state index in [1.165, 1.54) is 6.92 Å². The molecule has 0 aliphatic carbocycles. The molecule has 0 aromatic rings. The number of aliphatic hydroxyl groups is 3. The maximum absolute atomic E-state index is 10.4. The van der Waals surface area contributed by atoms with Gasteiger partial charge in [0.05, 0.1) is 6.61 Å². The SMILES string of the molecule is CC(=O)C(O)C(C)(O)CO. The second kappa shape index (κ2) is 3.09. The average molecular weight is 148 g/mol. The maximum Gasteiger partial charge on any atom is 0.161 e. The Kier molecular flexibility index (Phi) is 2.96. The second-order valence-electron chi connectivity index (χ2n) is 2.53. The van der Waals surface area contributed by atoms with Crippen LogP contribution in [0.3, 0.4) is 0 Å². The number of carbonyl (C=O) groups excluding carboxylic acids is 1. The van der Waals surface area contributed by atoms with E-state index < -0.39 is 24.1 Å². The number of Topliss-reactive ketones (excluding diaryl/α,β-unsaturated/α-hetero) is 1. The second-order valence-corrected chi connectivity index (χ2v) is 2.53. The molecular formula is C6H12O4. The van der Waals surface area contributed by atoms with Crippen molar-refractivity contribution in [3.05, 3.63) is 0 Å². The van der Waals surface area contributed by atoms with E-state index in [2.05, 4.69) is 0 Å². The van der Waals surface area contributed by atoms with E-state index in [1.807, 2.05) is 0 Å². The molecule has 0 amide bonds. The Labute approximate surface area is 59.1 Å². The van der Waals surface area contributed by atoms with Crippen LogP contribution in [0.15, 0.2) is 0 Å². The van der Waals surface area contributed by atoms with Gasteiger partial charge in [-0.25, -0.2) is 0 Å². The fraction of sp³-hybridized carbons (Fsp3) is 0.833. The lowest BCUT2D eigenvalue weighted by atomic mass is 9.98. The Hall–Kier alpha value is -0.450. The van der Waals surface area contributed by atoms with Crippen LogP contribution < -0.4 is 0 Å². The Morgan fingerprint density at radius 1 is 1.70 bits per heavy atom. The normalized spacial score (nSPS) is 19.7. The molecule has 0 rings (SSSR count). The number of hydrogen-bond donors (Lipinski definition) is 3. The molecule has 0 aliphatic rings. The van der Waals surface area contributed by atoms with Crippen LogP contribution in [0.2, 0.25) is 0 Å². The Balaban J connectivity index is 4.17. The summed E-state index contributed by atoms with van der Waals surface area (Å²) in [5.41, 5.74) is -1.72. The molecule has 0 bridgehead atoms. The quantitative estimate of drug-likeness (QED) is 0.464. The van der Waals surface area contributed by atoms with Gasteiger partial charge in [-0.3, -0.25) is 4.79 Å². The number of ketones is 1. The first kappa shape index (κ1) is 9.55. The predicted octanol–water partition coefficient (Wildman–Crippen LogP) is -1.32. The monoisotopic (exact) mass is 148 g/mol. The van der Waals surface area contributed by atoms with Gasteiger partial charge in [-0.05, 0) is 13.8 Å². The van der Waals surface area contributed by atoms with Gasteiger partial charge in [-0.2, -0.15) is 0 Å². The molecule has 0 radical (unpaired) electrons. The summed E-state index contributed by atoms with van der Waals surface area (Å²) in [5, 5.41) is 26.4. The topological polar surface area (TPSA) is 77.8 Å². The van der Waals surface area contributed by atoms with E-state index in [1.54, 1.807) is 0 Å². The van der Waals surface area contributed by atoms with Gasteiger partial charge in [-0.15, -0.1) is 0 Å². The fourth-order valence-electron chi connectivity index (χ4n) is 0.524. The molecule has 0 aromatic carbocycles. The minimum atomic E-state index is -1.72. The number of aliphatic hydroxyl groups excluding tert-OH is 2. The molecule has 0 aromatic heterocycles. The van der Waals surface area contributed by atoms with Gasteiger partial charge in [0.15, 0.2) is 5.78 Å². The van der Waals surface area contributed by atoms with Crippen LogP contribution in [-0.2, 0) is 4.79 Å². The lowest BCUT2D eigenvalue weighted by molar-refractivity contribution is -0.144. The largest absolute Gasteiger partial charge is 0.393 e. The molecule has 2 unspecified atom stereocenters. The van der Waals surface area contributed by atoms with Crippen molar-refractivity contribution in [1.82, 2.24) is 0 Å². The molecule has 10 heavy (non-hydrogen) atoms. The summed E-state index contributed by atoms with van der Waals surface area (Å²) in [7, 11) is 0. The fourth-order valence-corrected chi connectivity index (χ4v) is 0.524. The van der Waals surface area contributed by atoms with Gasteiger partial charge >= 0.3 is 0 Å². The van der Waals surface area contributed by atoms with Crippen LogP contribution >= 0.6 is 0 Å².